The second-order valence-corrected chi connectivity index (χ2v) is 6.67. The molecule has 0 amide bonds. The van der Waals surface area contributed by atoms with E-state index < -0.39 is 5.92 Å². The van der Waals surface area contributed by atoms with E-state index in [9.17, 15) is 8.78 Å². The SMILES string of the molecule is FC1(F)CCN(C[C@@H]2CN[C@@H](Cc3ccc(Cl)cc3)CO2)C1. The first kappa shape index (κ1) is 16.1. The maximum atomic E-state index is 13.2. The van der Waals surface area contributed by atoms with E-state index in [0.717, 1.165) is 11.4 Å². The standard InChI is InChI=1S/C16H21ClF2N2O/c17-13-3-1-12(2-4-13)7-14-10-22-15(8-20-14)9-21-6-5-16(18,19)11-21/h1-4,14-15,20H,5-11H2/t14-,15-/m0/s1. The summed E-state index contributed by atoms with van der Waals surface area (Å²) in [4.78, 5) is 1.80. The van der Waals surface area contributed by atoms with E-state index in [1.165, 1.54) is 5.56 Å². The molecule has 2 atom stereocenters. The van der Waals surface area contributed by atoms with Crippen molar-refractivity contribution < 1.29 is 13.5 Å². The van der Waals surface area contributed by atoms with Gasteiger partial charge in [0.2, 0.25) is 0 Å². The lowest BCUT2D eigenvalue weighted by Gasteiger charge is -2.32. The van der Waals surface area contributed by atoms with Gasteiger partial charge in [0.1, 0.15) is 0 Å². The van der Waals surface area contributed by atoms with Gasteiger partial charge in [-0.1, -0.05) is 23.7 Å². The highest BCUT2D eigenvalue weighted by molar-refractivity contribution is 6.30. The Kier molecular flexibility index (Phi) is 4.97. The second-order valence-electron chi connectivity index (χ2n) is 6.23. The van der Waals surface area contributed by atoms with E-state index in [0.29, 0.717) is 26.2 Å². The van der Waals surface area contributed by atoms with Gasteiger partial charge >= 0.3 is 0 Å². The molecule has 0 saturated carbocycles. The van der Waals surface area contributed by atoms with Crippen LogP contribution in [0.15, 0.2) is 24.3 Å². The summed E-state index contributed by atoms with van der Waals surface area (Å²) in [5.74, 6) is -2.53. The zero-order chi connectivity index (χ0) is 15.6. The van der Waals surface area contributed by atoms with Crippen LogP contribution in [0.25, 0.3) is 0 Å². The lowest BCUT2D eigenvalue weighted by Crippen LogP contribution is -2.51. The van der Waals surface area contributed by atoms with Crippen LogP contribution in [0.2, 0.25) is 5.02 Å². The first-order chi connectivity index (χ1) is 10.5. The number of hydrogen-bond donors (Lipinski definition) is 1. The number of benzene rings is 1. The van der Waals surface area contributed by atoms with Gasteiger partial charge in [-0.25, -0.2) is 8.78 Å². The van der Waals surface area contributed by atoms with E-state index in [4.69, 9.17) is 16.3 Å². The van der Waals surface area contributed by atoms with Gasteiger partial charge in [-0.15, -0.1) is 0 Å². The highest BCUT2D eigenvalue weighted by Crippen LogP contribution is 2.27. The minimum absolute atomic E-state index is 0.00429. The number of morpholine rings is 1. The number of likely N-dealkylation sites (tertiary alicyclic amines) is 1. The summed E-state index contributed by atoms with van der Waals surface area (Å²) in [6.07, 6.45) is 0.841. The molecule has 1 aromatic carbocycles. The van der Waals surface area contributed by atoms with Crippen LogP contribution in [0, 0.1) is 0 Å². The molecule has 3 nitrogen and oxygen atoms in total. The number of halogens is 3. The van der Waals surface area contributed by atoms with Crippen LogP contribution < -0.4 is 5.32 Å². The summed E-state index contributed by atoms with van der Waals surface area (Å²) in [5.41, 5.74) is 1.21. The number of rotatable bonds is 4. The van der Waals surface area contributed by atoms with Crippen molar-refractivity contribution in [2.45, 2.75) is 30.9 Å². The minimum Gasteiger partial charge on any atom is -0.374 e. The first-order valence-electron chi connectivity index (χ1n) is 7.70. The minimum atomic E-state index is -2.53. The van der Waals surface area contributed by atoms with Gasteiger partial charge in [-0.3, -0.25) is 4.90 Å². The molecule has 0 radical (unpaired) electrons. The quantitative estimate of drug-likeness (QED) is 0.918. The summed E-state index contributed by atoms with van der Waals surface area (Å²) in [6.45, 7) is 2.22. The van der Waals surface area contributed by atoms with Crippen LogP contribution in [0.4, 0.5) is 8.78 Å². The second kappa shape index (κ2) is 6.79. The third kappa shape index (κ3) is 4.38. The van der Waals surface area contributed by atoms with Gasteiger partial charge in [-0.2, -0.15) is 0 Å². The molecule has 0 bridgehead atoms. The highest BCUT2D eigenvalue weighted by atomic mass is 35.5. The van der Waals surface area contributed by atoms with Gasteiger partial charge in [-0.05, 0) is 24.1 Å². The molecule has 2 heterocycles. The Morgan fingerprint density at radius 1 is 1.32 bits per heavy atom. The Bertz CT molecular complexity index is 489. The summed E-state index contributed by atoms with van der Waals surface area (Å²) < 4.78 is 32.2. The van der Waals surface area contributed by atoms with Crippen molar-refractivity contribution in [1.29, 1.82) is 0 Å². The number of ether oxygens (including phenoxy) is 1. The molecule has 0 unspecified atom stereocenters. The molecule has 0 spiro atoms. The number of nitrogens with one attached hydrogen (secondary N) is 1. The normalized spacial score (nSPS) is 28.9. The Balaban J connectivity index is 1.42. The Morgan fingerprint density at radius 2 is 2.09 bits per heavy atom. The molecule has 3 rings (SSSR count). The van der Waals surface area contributed by atoms with Crippen molar-refractivity contribution in [1.82, 2.24) is 10.2 Å². The van der Waals surface area contributed by atoms with Crippen LogP contribution in [-0.4, -0.2) is 55.8 Å². The zero-order valence-corrected chi connectivity index (χ0v) is 13.2. The molecule has 2 saturated heterocycles. The van der Waals surface area contributed by atoms with Crippen molar-refractivity contribution in [2.75, 3.05) is 32.8 Å². The third-order valence-electron chi connectivity index (χ3n) is 4.27. The Labute approximate surface area is 134 Å². The molecule has 2 aliphatic heterocycles. The maximum absolute atomic E-state index is 13.2. The van der Waals surface area contributed by atoms with Crippen molar-refractivity contribution >= 4 is 11.6 Å². The number of nitrogens with zero attached hydrogens (tertiary/aromatic N) is 1. The molecule has 1 N–H and O–H groups in total. The molecule has 122 valence electrons. The maximum Gasteiger partial charge on any atom is 0.261 e. The van der Waals surface area contributed by atoms with Crippen molar-refractivity contribution in [3.8, 4) is 0 Å². The predicted molar refractivity (Wildman–Crippen MR) is 82.7 cm³/mol. The number of alkyl halides is 2. The van der Waals surface area contributed by atoms with Crippen molar-refractivity contribution in [3.63, 3.8) is 0 Å². The summed E-state index contributed by atoms with van der Waals surface area (Å²) in [5, 5.41) is 4.19. The van der Waals surface area contributed by atoms with E-state index in [1.54, 1.807) is 4.90 Å². The van der Waals surface area contributed by atoms with E-state index in [-0.39, 0.29) is 25.1 Å². The Morgan fingerprint density at radius 3 is 2.68 bits per heavy atom. The van der Waals surface area contributed by atoms with Gasteiger partial charge < -0.3 is 10.1 Å². The van der Waals surface area contributed by atoms with E-state index in [2.05, 4.69) is 5.32 Å². The fourth-order valence-electron chi connectivity index (χ4n) is 3.07. The van der Waals surface area contributed by atoms with Crippen LogP contribution in [0.5, 0.6) is 0 Å². The molecular weight excluding hydrogens is 310 g/mol. The molecule has 22 heavy (non-hydrogen) atoms. The monoisotopic (exact) mass is 330 g/mol. The molecule has 0 aromatic heterocycles. The molecule has 2 fully saturated rings. The average molecular weight is 331 g/mol. The highest BCUT2D eigenvalue weighted by Gasteiger charge is 2.39. The smallest absolute Gasteiger partial charge is 0.261 e. The van der Waals surface area contributed by atoms with Crippen LogP contribution in [0.3, 0.4) is 0 Å². The summed E-state index contributed by atoms with van der Waals surface area (Å²) in [7, 11) is 0. The lowest BCUT2D eigenvalue weighted by atomic mass is 10.1. The number of hydrogen-bond acceptors (Lipinski definition) is 3. The topological polar surface area (TPSA) is 24.5 Å². The van der Waals surface area contributed by atoms with Gasteiger partial charge in [0.15, 0.2) is 0 Å². The van der Waals surface area contributed by atoms with Crippen molar-refractivity contribution in [2.24, 2.45) is 0 Å². The molecule has 6 heteroatoms. The molecule has 2 aliphatic rings. The Hall–Kier alpha value is -0.750. The fraction of sp³-hybridized carbons (Fsp3) is 0.625. The predicted octanol–water partition coefficient (Wildman–Crippen LogP) is 2.58. The molecular formula is C16H21ClF2N2O. The van der Waals surface area contributed by atoms with Gasteiger partial charge in [0.25, 0.3) is 5.92 Å². The van der Waals surface area contributed by atoms with Gasteiger partial charge in [0.05, 0.1) is 19.3 Å². The van der Waals surface area contributed by atoms with Crippen molar-refractivity contribution in [3.05, 3.63) is 34.9 Å². The zero-order valence-electron chi connectivity index (χ0n) is 12.4. The third-order valence-corrected chi connectivity index (χ3v) is 4.53. The van der Waals surface area contributed by atoms with Crippen LogP contribution in [0.1, 0.15) is 12.0 Å². The molecule has 0 aliphatic carbocycles. The van der Waals surface area contributed by atoms with Crippen LogP contribution in [-0.2, 0) is 11.2 Å². The lowest BCUT2D eigenvalue weighted by molar-refractivity contribution is -0.0236. The average Bonchev–Trinajstić information content (AvgIpc) is 2.82. The molecule has 1 aromatic rings. The summed E-state index contributed by atoms with van der Waals surface area (Å²) >= 11 is 5.88. The largest absolute Gasteiger partial charge is 0.374 e. The fourth-order valence-corrected chi connectivity index (χ4v) is 3.20. The first-order valence-corrected chi connectivity index (χ1v) is 8.08. The summed E-state index contributed by atoms with van der Waals surface area (Å²) in [6, 6.07) is 8.07. The van der Waals surface area contributed by atoms with Crippen LogP contribution >= 0.6 is 11.6 Å². The van der Waals surface area contributed by atoms with Gasteiger partial charge in [0, 0.05) is 37.1 Å². The van der Waals surface area contributed by atoms with E-state index in [1.807, 2.05) is 24.3 Å². The van der Waals surface area contributed by atoms with E-state index >= 15 is 0 Å².